The van der Waals surface area contributed by atoms with Crippen LogP contribution in [-0.2, 0) is 4.79 Å². The maximum absolute atomic E-state index is 12.0. The van der Waals surface area contributed by atoms with Crippen molar-refractivity contribution in [3.63, 3.8) is 0 Å². The number of halogens is 1. The Morgan fingerprint density at radius 3 is 2.16 bits per heavy atom. The van der Waals surface area contributed by atoms with Crippen molar-refractivity contribution in [2.45, 2.75) is 32.7 Å². The maximum Gasteiger partial charge on any atom is 0.317 e. The van der Waals surface area contributed by atoms with Crippen molar-refractivity contribution in [2.24, 2.45) is 5.73 Å². The van der Waals surface area contributed by atoms with Crippen LogP contribution in [-0.4, -0.2) is 60.5 Å². The minimum Gasteiger partial charge on any atom is -0.338 e. The van der Waals surface area contributed by atoms with Crippen LogP contribution >= 0.6 is 12.4 Å². The molecule has 1 aliphatic rings. The van der Waals surface area contributed by atoms with Gasteiger partial charge in [-0.3, -0.25) is 4.79 Å². The van der Waals surface area contributed by atoms with Gasteiger partial charge in [0.25, 0.3) is 0 Å². The van der Waals surface area contributed by atoms with Crippen LogP contribution in [0.15, 0.2) is 0 Å². The lowest BCUT2D eigenvalue weighted by Gasteiger charge is -2.35. The molecule has 19 heavy (non-hydrogen) atoms. The zero-order valence-electron chi connectivity index (χ0n) is 11.7. The van der Waals surface area contributed by atoms with Crippen LogP contribution in [0.1, 0.15) is 26.7 Å². The molecular formula is C12H25ClN4O2. The summed E-state index contributed by atoms with van der Waals surface area (Å²) in [7, 11) is 0. The third kappa shape index (κ3) is 5.24. The molecule has 7 heteroatoms. The summed E-state index contributed by atoms with van der Waals surface area (Å²) in [6.07, 6.45) is 1.63. The molecule has 0 saturated carbocycles. The molecule has 0 bridgehead atoms. The molecule has 0 aliphatic carbocycles. The number of amides is 3. The van der Waals surface area contributed by atoms with Crippen molar-refractivity contribution < 1.29 is 9.59 Å². The lowest BCUT2D eigenvalue weighted by Crippen LogP contribution is -2.55. The topological polar surface area (TPSA) is 78.7 Å². The highest BCUT2D eigenvalue weighted by Crippen LogP contribution is 2.06. The van der Waals surface area contributed by atoms with Gasteiger partial charge in [-0.25, -0.2) is 4.79 Å². The Balaban J connectivity index is 0.00000324. The lowest BCUT2D eigenvalue weighted by atomic mass is 10.1. The molecular weight excluding hydrogens is 268 g/mol. The van der Waals surface area contributed by atoms with Crippen LogP contribution in [0.3, 0.4) is 0 Å². The quantitative estimate of drug-likeness (QED) is 0.788. The van der Waals surface area contributed by atoms with Crippen molar-refractivity contribution in [1.29, 1.82) is 0 Å². The van der Waals surface area contributed by atoms with E-state index < -0.39 is 6.04 Å². The Morgan fingerprint density at radius 2 is 1.68 bits per heavy atom. The molecule has 1 fully saturated rings. The van der Waals surface area contributed by atoms with E-state index in [0.717, 1.165) is 12.8 Å². The Labute approximate surface area is 121 Å². The predicted molar refractivity (Wildman–Crippen MR) is 77.4 cm³/mol. The minimum absolute atomic E-state index is 0. The Bertz CT molecular complexity index is 293. The number of piperazine rings is 1. The van der Waals surface area contributed by atoms with Crippen molar-refractivity contribution in [3.05, 3.63) is 0 Å². The highest BCUT2D eigenvalue weighted by molar-refractivity contribution is 5.85. The van der Waals surface area contributed by atoms with E-state index in [4.69, 9.17) is 5.73 Å². The number of rotatable bonds is 4. The molecule has 0 spiro atoms. The van der Waals surface area contributed by atoms with Gasteiger partial charge in [0.1, 0.15) is 0 Å². The van der Waals surface area contributed by atoms with E-state index in [1.807, 2.05) is 13.8 Å². The van der Waals surface area contributed by atoms with E-state index in [0.29, 0.717) is 32.7 Å². The highest BCUT2D eigenvalue weighted by atomic mass is 35.5. The summed E-state index contributed by atoms with van der Waals surface area (Å²) in [5.74, 6) is 0.00685. The standard InChI is InChI=1S/C12H24N4O2.ClH/c1-3-5-10(13)11(17)15-6-8-16(9-7-15)12(18)14-4-2;/h10H,3-9,13H2,1-2H3,(H,14,18);1H. The van der Waals surface area contributed by atoms with Gasteiger partial charge in [-0.2, -0.15) is 0 Å². The molecule has 1 rings (SSSR count). The van der Waals surface area contributed by atoms with Crippen LogP contribution < -0.4 is 11.1 Å². The molecule has 0 aromatic carbocycles. The number of carbonyl (C=O) groups is 2. The monoisotopic (exact) mass is 292 g/mol. The predicted octanol–water partition coefficient (Wildman–Crippen LogP) is 0.409. The third-order valence-electron chi connectivity index (χ3n) is 3.12. The number of nitrogens with two attached hydrogens (primary N) is 1. The zero-order valence-corrected chi connectivity index (χ0v) is 12.5. The summed E-state index contributed by atoms with van der Waals surface area (Å²) in [5, 5.41) is 2.76. The first-order valence-corrected chi connectivity index (χ1v) is 6.67. The van der Waals surface area contributed by atoms with Gasteiger partial charge in [-0.15, -0.1) is 12.4 Å². The Morgan fingerprint density at radius 1 is 1.16 bits per heavy atom. The fourth-order valence-electron chi connectivity index (χ4n) is 2.06. The molecule has 6 nitrogen and oxygen atoms in total. The lowest BCUT2D eigenvalue weighted by molar-refractivity contribution is -0.134. The second-order valence-electron chi connectivity index (χ2n) is 4.54. The van der Waals surface area contributed by atoms with Crippen LogP contribution in [0.25, 0.3) is 0 Å². The van der Waals surface area contributed by atoms with E-state index in [2.05, 4.69) is 5.32 Å². The summed E-state index contributed by atoms with van der Waals surface area (Å²) in [4.78, 5) is 27.1. The van der Waals surface area contributed by atoms with Crippen LogP contribution in [0.4, 0.5) is 4.79 Å². The SMILES string of the molecule is CCCC(N)C(=O)N1CCN(C(=O)NCC)CC1.Cl. The van der Waals surface area contributed by atoms with Gasteiger partial charge in [0.2, 0.25) is 5.91 Å². The molecule has 1 aliphatic heterocycles. The largest absolute Gasteiger partial charge is 0.338 e. The van der Waals surface area contributed by atoms with Gasteiger partial charge in [-0.05, 0) is 13.3 Å². The normalized spacial score (nSPS) is 16.6. The number of hydrogen-bond donors (Lipinski definition) is 2. The second-order valence-corrected chi connectivity index (χ2v) is 4.54. The number of urea groups is 1. The molecule has 1 saturated heterocycles. The average Bonchev–Trinajstić information content (AvgIpc) is 2.38. The molecule has 112 valence electrons. The van der Waals surface area contributed by atoms with E-state index in [1.165, 1.54) is 0 Å². The molecule has 1 unspecified atom stereocenters. The van der Waals surface area contributed by atoms with Gasteiger partial charge in [-0.1, -0.05) is 13.3 Å². The molecule has 0 aromatic heterocycles. The van der Waals surface area contributed by atoms with Crippen LogP contribution in [0.2, 0.25) is 0 Å². The Kier molecular flexibility index (Phi) is 8.51. The summed E-state index contributed by atoms with van der Waals surface area (Å²) >= 11 is 0. The first-order valence-electron chi connectivity index (χ1n) is 6.67. The number of nitrogens with one attached hydrogen (secondary N) is 1. The fraction of sp³-hybridized carbons (Fsp3) is 0.833. The van der Waals surface area contributed by atoms with Gasteiger partial charge in [0, 0.05) is 32.7 Å². The third-order valence-corrected chi connectivity index (χ3v) is 3.12. The summed E-state index contributed by atoms with van der Waals surface area (Å²) < 4.78 is 0. The van der Waals surface area contributed by atoms with Gasteiger partial charge < -0.3 is 20.9 Å². The molecule has 3 N–H and O–H groups in total. The van der Waals surface area contributed by atoms with Crippen molar-refractivity contribution >= 4 is 24.3 Å². The van der Waals surface area contributed by atoms with E-state index in [9.17, 15) is 9.59 Å². The molecule has 0 aromatic rings. The number of hydrogen-bond acceptors (Lipinski definition) is 3. The summed E-state index contributed by atoms with van der Waals surface area (Å²) in [6.45, 7) is 6.84. The molecule has 0 radical (unpaired) electrons. The fourth-order valence-corrected chi connectivity index (χ4v) is 2.06. The van der Waals surface area contributed by atoms with Crippen molar-refractivity contribution in [3.8, 4) is 0 Å². The van der Waals surface area contributed by atoms with Gasteiger partial charge in [0.15, 0.2) is 0 Å². The van der Waals surface area contributed by atoms with Crippen molar-refractivity contribution in [2.75, 3.05) is 32.7 Å². The smallest absolute Gasteiger partial charge is 0.317 e. The summed E-state index contributed by atoms with van der Waals surface area (Å²) in [6, 6.07) is -0.450. The van der Waals surface area contributed by atoms with Crippen LogP contribution in [0.5, 0.6) is 0 Å². The molecule has 3 amide bonds. The van der Waals surface area contributed by atoms with Gasteiger partial charge >= 0.3 is 6.03 Å². The van der Waals surface area contributed by atoms with E-state index in [1.54, 1.807) is 9.80 Å². The molecule has 1 heterocycles. The second kappa shape index (κ2) is 8.98. The van der Waals surface area contributed by atoms with Crippen LogP contribution in [0, 0.1) is 0 Å². The van der Waals surface area contributed by atoms with E-state index >= 15 is 0 Å². The summed E-state index contributed by atoms with van der Waals surface area (Å²) in [5.41, 5.74) is 5.82. The van der Waals surface area contributed by atoms with Gasteiger partial charge in [0.05, 0.1) is 6.04 Å². The Hall–Kier alpha value is -1.01. The van der Waals surface area contributed by atoms with E-state index in [-0.39, 0.29) is 24.3 Å². The number of nitrogens with zero attached hydrogens (tertiary/aromatic N) is 2. The minimum atomic E-state index is -0.397. The zero-order chi connectivity index (χ0) is 13.5. The first kappa shape index (κ1) is 18.0. The number of carbonyl (C=O) groups excluding carboxylic acids is 2. The first-order chi connectivity index (χ1) is 8.60. The van der Waals surface area contributed by atoms with Crippen molar-refractivity contribution in [1.82, 2.24) is 15.1 Å². The maximum atomic E-state index is 12.0. The molecule has 1 atom stereocenters. The average molecular weight is 293 g/mol. The highest BCUT2D eigenvalue weighted by Gasteiger charge is 2.26.